The largest absolute Gasteiger partial charge is 0.309 e. The lowest BCUT2D eigenvalue weighted by Crippen LogP contribution is -2.30. The van der Waals surface area contributed by atoms with E-state index < -0.39 is 0 Å². The highest BCUT2D eigenvalue weighted by atomic mass is 15.2. The molecule has 5 heterocycles. The van der Waals surface area contributed by atoms with Gasteiger partial charge in [-0.2, -0.15) is 9.97 Å². The fourth-order valence-corrected chi connectivity index (χ4v) is 8.91. The summed E-state index contributed by atoms with van der Waals surface area (Å²) < 4.78 is 4.62. The van der Waals surface area contributed by atoms with Crippen LogP contribution >= 0.6 is 0 Å². The van der Waals surface area contributed by atoms with Gasteiger partial charge >= 0.3 is 0 Å². The van der Waals surface area contributed by atoms with Crippen LogP contribution in [0.5, 0.6) is 0 Å². The second kappa shape index (κ2) is 12.9. The molecular formula is C51H33N7. The maximum absolute atomic E-state index is 5.03. The minimum Gasteiger partial charge on any atom is -0.309 e. The van der Waals surface area contributed by atoms with Crippen molar-refractivity contribution in [3.63, 3.8) is 0 Å². The summed E-state index contributed by atoms with van der Waals surface area (Å²) in [6.45, 7) is 0. The van der Waals surface area contributed by atoms with Crippen LogP contribution in [0, 0.1) is 0 Å². The van der Waals surface area contributed by atoms with E-state index in [9.17, 15) is 0 Å². The van der Waals surface area contributed by atoms with Crippen LogP contribution in [-0.2, 0) is 0 Å². The maximum Gasteiger partial charge on any atom is 0.238 e. The van der Waals surface area contributed by atoms with Crippen LogP contribution in [0.3, 0.4) is 0 Å². The summed E-state index contributed by atoms with van der Waals surface area (Å²) in [5, 5.41) is 11.1. The van der Waals surface area contributed by atoms with Crippen molar-refractivity contribution in [3.8, 4) is 45.8 Å². The molecule has 0 unspecified atom stereocenters. The minimum atomic E-state index is 0.489. The van der Waals surface area contributed by atoms with Crippen LogP contribution in [0.1, 0.15) is 12.8 Å². The first-order valence-corrected chi connectivity index (χ1v) is 19.7. The zero-order valence-electron chi connectivity index (χ0n) is 31.3. The number of benzene rings is 6. The van der Waals surface area contributed by atoms with Crippen molar-refractivity contribution in [2.75, 3.05) is 0 Å². The molecule has 5 aromatic heterocycles. The molecule has 0 saturated carbocycles. The van der Waals surface area contributed by atoms with E-state index in [-0.39, 0.29) is 0 Å². The third-order valence-electron chi connectivity index (χ3n) is 11.5. The smallest absolute Gasteiger partial charge is 0.238 e. The topological polar surface area (TPSA) is 74.3 Å². The van der Waals surface area contributed by atoms with E-state index in [0.717, 1.165) is 40.2 Å². The van der Waals surface area contributed by atoms with Gasteiger partial charge in [-0.15, -0.1) is 0 Å². The highest BCUT2D eigenvalue weighted by Gasteiger charge is 2.20. The van der Waals surface area contributed by atoms with E-state index in [1.807, 2.05) is 36.4 Å². The number of fused-ring (bicyclic) bond motifs is 9. The van der Waals surface area contributed by atoms with Gasteiger partial charge in [0.15, 0.2) is 11.6 Å². The van der Waals surface area contributed by atoms with Crippen molar-refractivity contribution in [3.05, 3.63) is 175 Å². The molecule has 7 heteroatoms. The predicted octanol–water partition coefficient (Wildman–Crippen LogP) is 10.4. The first-order valence-electron chi connectivity index (χ1n) is 19.7. The predicted molar refractivity (Wildman–Crippen MR) is 235 cm³/mol. The Bertz CT molecular complexity index is 3510. The van der Waals surface area contributed by atoms with Crippen molar-refractivity contribution < 1.29 is 0 Å². The lowest BCUT2D eigenvalue weighted by Gasteiger charge is -2.14. The van der Waals surface area contributed by atoms with Gasteiger partial charge in [0.05, 0.1) is 22.2 Å². The summed E-state index contributed by atoms with van der Waals surface area (Å²) in [4.78, 5) is 24.1. The van der Waals surface area contributed by atoms with Crippen molar-refractivity contribution in [2.24, 2.45) is 0 Å². The minimum absolute atomic E-state index is 0.489. The lowest BCUT2D eigenvalue weighted by molar-refractivity contribution is 0.943. The van der Waals surface area contributed by atoms with Gasteiger partial charge < -0.3 is 4.57 Å². The fraction of sp³-hybridized carbons (Fsp3) is 0.0392. The van der Waals surface area contributed by atoms with Gasteiger partial charge in [0.2, 0.25) is 5.95 Å². The molecule has 0 atom stereocenters. The van der Waals surface area contributed by atoms with E-state index in [4.69, 9.17) is 15.0 Å². The average Bonchev–Trinajstić information content (AvgIpc) is 3.81. The van der Waals surface area contributed by atoms with Gasteiger partial charge in [-0.1, -0.05) is 103 Å². The van der Waals surface area contributed by atoms with Crippen LogP contribution in [0.25, 0.3) is 112 Å². The Morgan fingerprint density at radius 3 is 1.72 bits per heavy atom. The van der Waals surface area contributed by atoms with Gasteiger partial charge in [0.25, 0.3) is 0 Å². The molecule has 0 saturated heterocycles. The van der Waals surface area contributed by atoms with Crippen LogP contribution < -0.4 is 10.6 Å². The Balaban J connectivity index is 1.05. The highest BCUT2D eigenvalue weighted by molar-refractivity contribution is 6.12. The van der Waals surface area contributed by atoms with Crippen LogP contribution in [0.15, 0.2) is 164 Å². The molecule has 0 N–H and O–H groups in total. The molecule has 0 aliphatic heterocycles. The summed E-state index contributed by atoms with van der Waals surface area (Å²) in [6.07, 6.45) is 10.4. The molecule has 0 spiro atoms. The zero-order valence-corrected chi connectivity index (χ0v) is 31.3. The van der Waals surface area contributed by atoms with Crippen LogP contribution in [0.2, 0.25) is 0 Å². The van der Waals surface area contributed by atoms with Gasteiger partial charge in [-0.05, 0) is 101 Å². The molecule has 12 rings (SSSR count). The van der Waals surface area contributed by atoms with E-state index in [2.05, 4.69) is 147 Å². The van der Waals surface area contributed by atoms with Crippen molar-refractivity contribution in [1.82, 2.24) is 34.1 Å². The monoisotopic (exact) mass is 743 g/mol. The molecule has 0 radical (unpaired) electrons. The molecule has 6 aromatic carbocycles. The SMILES string of the molecule is C1=c2c(n(-c3cc4ccccc4c4ccccc34)c3ccc(-c4ccc5c(c4)c4ccccc4n5-c4nc(-c5ccccn5)nc(-c5ccccn5)n4)cc23)=CCC1. The highest BCUT2D eigenvalue weighted by Crippen LogP contribution is 2.37. The van der Waals surface area contributed by atoms with Crippen LogP contribution in [-0.4, -0.2) is 34.1 Å². The molecule has 1 aliphatic rings. The third-order valence-corrected chi connectivity index (χ3v) is 11.5. The number of hydrogen-bond donors (Lipinski definition) is 0. The number of pyridine rings is 2. The summed E-state index contributed by atoms with van der Waals surface area (Å²) in [6, 6.07) is 53.5. The number of para-hydroxylation sites is 1. The normalized spacial score (nSPS) is 12.6. The Labute approximate surface area is 332 Å². The standard InChI is InChI=1S/C51H33N7/c1-2-14-35-34(13-1)31-48(37-16-4-3-15-36(35)37)57-44-21-7-5-17-38(44)40-29-32(23-25-46(40)57)33-24-26-47-41(30-33)39-18-6-8-22-45(39)58(47)51-55-49(42-19-9-11-27-52-42)54-50(56-51)43-20-10-12-28-53-43/h1-4,6,8-31H,5,7H2. The first-order chi connectivity index (χ1) is 28.8. The zero-order chi connectivity index (χ0) is 38.2. The molecule has 0 bridgehead atoms. The quantitative estimate of drug-likeness (QED) is 0.164. The molecule has 1 aliphatic carbocycles. The number of hydrogen-bond acceptors (Lipinski definition) is 5. The third kappa shape index (κ3) is 5.03. The van der Waals surface area contributed by atoms with Gasteiger partial charge in [-0.3, -0.25) is 14.5 Å². The number of nitrogens with zero attached hydrogens (tertiary/aromatic N) is 7. The van der Waals surface area contributed by atoms with E-state index in [1.165, 1.54) is 54.3 Å². The molecular weight excluding hydrogens is 711 g/mol. The van der Waals surface area contributed by atoms with Crippen molar-refractivity contribution in [1.29, 1.82) is 0 Å². The Hall–Kier alpha value is -7.77. The Kier molecular flexibility index (Phi) is 7.22. The Morgan fingerprint density at radius 1 is 0.414 bits per heavy atom. The summed E-state index contributed by atoms with van der Waals surface area (Å²) in [5.41, 5.74) is 8.09. The molecule has 58 heavy (non-hydrogen) atoms. The second-order valence-corrected chi connectivity index (χ2v) is 14.8. The van der Waals surface area contributed by atoms with Gasteiger partial charge in [-0.25, -0.2) is 4.98 Å². The van der Waals surface area contributed by atoms with E-state index in [0.29, 0.717) is 29.0 Å². The summed E-state index contributed by atoms with van der Waals surface area (Å²) in [7, 11) is 0. The average molecular weight is 744 g/mol. The maximum atomic E-state index is 5.03. The van der Waals surface area contributed by atoms with Gasteiger partial charge in [0, 0.05) is 44.5 Å². The summed E-state index contributed by atoms with van der Waals surface area (Å²) >= 11 is 0. The van der Waals surface area contributed by atoms with Crippen molar-refractivity contribution >= 4 is 66.4 Å². The summed E-state index contributed by atoms with van der Waals surface area (Å²) in [5.74, 6) is 1.49. The lowest BCUT2D eigenvalue weighted by atomic mass is 9.99. The first kappa shape index (κ1) is 32.5. The van der Waals surface area contributed by atoms with E-state index >= 15 is 0 Å². The molecule has 0 amide bonds. The molecule has 0 fully saturated rings. The number of aromatic nitrogens is 7. The fourth-order valence-electron chi connectivity index (χ4n) is 8.91. The van der Waals surface area contributed by atoms with Crippen molar-refractivity contribution in [2.45, 2.75) is 12.8 Å². The van der Waals surface area contributed by atoms with Gasteiger partial charge in [0.1, 0.15) is 11.4 Å². The second-order valence-electron chi connectivity index (χ2n) is 14.8. The molecule has 11 aromatic rings. The molecule has 7 nitrogen and oxygen atoms in total. The Morgan fingerprint density at radius 2 is 1.00 bits per heavy atom. The number of rotatable bonds is 5. The van der Waals surface area contributed by atoms with Crippen LogP contribution in [0.4, 0.5) is 0 Å². The van der Waals surface area contributed by atoms with E-state index in [1.54, 1.807) is 12.4 Å². The molecule has 272 valence electrons.